The van der Waals surface area contributed by atoms with Gasteiger partial charge in [0.1, 0.15) is 12.4 Å². The van der Waals surface area contributed by atoms with Crippen molar-refractivity contribution in [2.24, 2.45) is 5.92 Å². The maximum absolute atomic E-state index is 6.26. The maximum Gasteiger partial charge on any atom is 0.162 e. The van der Waals surface area contributed by atoms with Crippen LogP contribution >= 0.6 is 0 Å². The smallest absolute Gasteiger partial charge is 0.162 e. The number of aromatic nitrogens is 2. The van der Waals surface area contributed by atoms with Crippen molar-refractivity contribution in [1.29, 1.82) is 0 Å². The predicted molar refractivity (Wildman–Crippen MR) is 79.4 cm³/mol. The minimum Gasteiger partial charge on any atom is -0.493 e. The lowest BCUT2D eigenvalue weighted by Gasteiger charge is -2.25. The number of rotatable bonds is 5. The number of ether oxygens (including phenoxy) is 2. The van der Waals surface area contributed by atoms with Crippen molar-refractivity contribution in [1.82, 2.24) is 15.3 Å². The molecule has 0 spiro atoms. The highest BCUT2D eigenvalue weighted by molar-refractivity contribution is 5.40. The van der Waals surface area contributed by atoms with Gasteiger partial charge in [-0.3, -0.25) is 0 Å². The summed E-state index contributed by atoms with van der Waals surface area (Å²) < 4.78 is 11.6. The van der Waals surface area contributed by atoms with Crippen molar-refractivity contribution in [2.45, 2.75) is 12.5 Å². The van der Waals surface area contributed by atoms with Gasteiger partial charge in [-0.05, 0) is 25.1 Å². The van der Waals surface area contributed by atoms with Gasteiger partial charge in [0.15, 0.2) is 11.5 Å². The van der Waals surface area contributed by atoms with Crippen molar-refractivity contribution < 1.29 is 9.47 Å². The van der Waals surface area contributed by atoms with Crippen LogP contribution in [-0.4, -0.2) is 30.2 Å². The molecular weight excluding hydrogens is 266 g/mol. The normalized spacial score (nSPS) is 19.2. The van der Waals surface area contributed by atoms with Crippen LogP contribution in [0.25, 0.3) is 0 Å². The van der Waals surface area contributed by atoms with Gasteiger partial charge in [0.2, 0.25) is 0 Å². The summed E-state index contributed by atoms with van der Waals surface area (Å²) in [5, 5.41) is 3.38. The molecule has 110 valence electrons. The van der Waals surface area contributed by atoms with Gasteiger partial charge in [0, 0.05) is 30.4 Å². The third-order valence-corrected chi connectivity index (χ3v) is 3.76. The van der Waals surface area contributed by atoms with Crippen molar-refractivity contribution in [3.63, 3.8) is 0 Å². The first-order valence-corrected chi connectivity index (χ1v) is 7.14. The molecule has 0 aliphatic carbocycles. The molecule has 1 aromatic carbocycles. The van der Waals surface area contributed by atoms with Gasteiger partial charge >= 0.3 is 0 Å². The Balaban J connectivity index is 1.88. The number of hydrogen-bond acceptors (Lipinski definition) is 5. The quantitative estimate of drug-likeness (QED) is 0.913. The first-order chi connectivity index (χ1) is 10.4. The summed E-state index contributed by atoms with van der Waals surface area (Å²) in [6, 6.07) is 7.71. The number of para-hydroxylation sites is 2. The number of hydrogen-bond donors (Lipinski definition) is 1. The van der Waals surface area contributed by atoms with Crippen LogP contribution in [0.5, 0.6) is 11.5 Å². The first-order valence-electron chi connectivity index (χ1n) is 7.14. The Bertz CT molecular complexity index is 571. The van der Waals surface area contributed by atoms with Crippen molar-refractivity contribution in [2.75, 3.05) is 20.2 Å². The van der Waals surface area contributed by atoms with Crippen molar-refractivity contribution in [3.8, 4) is 11.5 Å². The standard InChI is InChI=1S/C16H19N3O2/c1-20-14-4-2-3-5-15(14)21-16(12-6-7-17-8-12)13-9-18-11-19-10-13/h2-5,9-12,16-17H,6-8H2,1H3/t12-,16+/m0/s1. The van der Waals surface area contributed by atoms with E-state index >= 15 is 0 Å². The predicted octanol–water partition coefficient (Wildman–Crippen LogP) is 2.21. The topological polar surface area (TPSA) is 56.3 Å². The third kappa shape index (κ3) is 3.13. The molecule has 0 amide bonds. The SMILES string of the molecule is COc1ccccc1O[C@@H](c1cncnc1)[C@H]1CCNC1. The van der Waals surface area contributed by atoms with Gasteiger partial charge in [-0.2, -0.15) is 0 Å². The van der Waals surface area contributed by atoms with E-state index in [2.05, 4.69) is 15.3 Å². The van der Waals surface area contributed by atoms with Crippen LogP contribution in [0.1, 0.15) is 18.1 Å². The highest BCUT2D eigenvalue weighted by atomic mass is 16.5. The lowest BCUT2D eigenvalue weighted by Crippen LogP contribution is -2.22. The minimum atomic E-state index is -0.0718. The molecule has 1 N–H and O–H groups in total. The Morgan fingerprint density at radius 3 is 2.62 bits per heavy atom. The average molecular weight is 285 g/mol. The monoisotopic (exact) mass is 285 g/mol. The summed E-state index contributed by atoms with van der Waals surface area (Å²) in [5.74, 6) is 1.90. The van der Waals surface area contributed by atoms with Crippen LogP contribution in [-0.2, 0) is 0 Å². The van der Waals surface area contributed by atoms with Crippen LogP contribution < -0.4 is 14.8 Å². The zero-order valence-electron chi connectivity index (χ0n) is 12.0. The van der Waals surface area contributed by atoms with Crippen LogP contribution in [0.4, 0.5) is 0 Å². The molecule has 3 rings (SSSR count). The fraction of sp³-hybridized carbons (Fsp3) is 0.375. The van der Waals surface area contributed by atoms with Gasteiger partial charge in [-0.1, -0.05) is 12.1 Å². The summed E-state index contributed by atoms with van der Waals surface area (Å²) in [5.41, 5.74) is 0.997. The summed E-state index contributed by atoms with van der Waals surface area (Å²) in [6.45, 7) is 1.96. The lowest BCUT2D eigenvalue weighted by molar-refractivity contribution is 0.138. The van der Waals surface area contributed by atoms with E-state index in [0.717, 1.165) is 36.6 Å². The molecule has 1 aliphatic rings. The molecule has 0 saturated carbocycles. The number of nitrogens with one attached hydrogen (secondary N) is 1. The molecule has 0 radical (unpaired) electrons. The molecule has 1 aromatic heterocycles. The van der Waals surface area contributed by atoms with E-state index in [-0.39, 0.29) is 6.10 Å². The summed E-state index contributed by atoms with van der Waals surface area (Å²) >= 11 is 0. The summed E-state index contributed by atoms with van der Waals surface area (Å²) in [4.78, 5) is 8.24. The largest absolute Gasteiger partial charge is 0.493 e. The Labute approximate surface area is 124 Å². The van der Waals surface area contributed by atoms with Crippen LogP contribution in [0.2, 0.25) is 0 Å². The van der Waals surface area contributed by atoms with E-state index in [0.29, 0.717) is 5.92 Å². The molecule has 5 nitrogen and oxygen atoms in total. The zero-order valence-corrected chi connectivity index (χ0v) is 12.0. The molecule has 5 heteroatoms. The molecule has 1 aliphatic heterocycles. The summed E-state index contributed by atoms with van der Waals surface area (Å²) in [6.07, 6.45) is 6.19. The maximum atomic E-state index is 6.26. The number of nitrogens with zero attached hydrogens (tertiary/aromatic N) is 2. The molecule has 2 heterocycles. The van der Waals surface area contributed by atoms with E-state index in [1.165, 1.54) is 6.33 Å². The Morgan fingerprint density at radius 2 is 1.95 bits per heavy atom. The average Bonchev–Trinajstić information content (AvgIpc) is 3.08. The molecule has 2 aromatic rings. The second-order valence-electron chi connectivity index (χ2n) is 5.11. The van der Waals surface area contributed by atoms with Crippen LogP contribution in [0.3, 0.4) is 0 Å². The van der Waals surface area contributed by atoms with Crippen LogP contribution in [0, 0.1) is 5.92 Å². The third-order valence-electron chi connectivity index (χ3n) is 3.76. The number of methoxy groups -OCH3 is 1. The first kappa shape index (κ1) is 13.8. The van der Waals surface area contributed by atoms with Crippen LogP contribution in [0.15, 0.2) is 43.0 Å². The van der Waals surface area contributed by atoms with Gasteiger partial charge in [0.05, 0.1) is 7.11 Å². The fourth-order valence-corrected chi connectivity index (χ4v) is 2.68. The second kappa shape index (κ2) is 6.54. The highest BCUT2D eigenvalue weighted by Crippen LogP contribution is 2.35. The zero-order chi connectivity index (χ0) is 14.5. The Kier molecular flexibility index (Phi) is 4.31. The van der Waals surface area contributed by atoms with Crippen molar-refractivity contribution in [3.05, 3.63) is 48.5 Å². The molecule has 2 atom stereocenters. The van der Waals surface area contributed by atoms with Crippen molar-refractivity contribution >= 4 is 0 Å². The Hall–Kier alpha value is -2.14. The van der Waals surface area contributed by atoms with E-state index in [4.69, 9.17) is 9.47 Å². The van der Waals surface area contributed by atoms with Gasteiger partial charge < -0.3 is 14.8 Å². The van der Waals surface area contributed by atoms with E-state index in [1.807, 2.05) is 36.7 Å². The highest BCUT2D eigenvalue weighted by Gasteiger charge is 2.29. The molecule has 0 bridgehead atoms. The molecule has 1 fully saturated rings. The Morgan fingerprint density at radius 1 is 1.19 bits per heavy atom. The van der Waals surface area contributed by atoms with Gasteiger partial charge in [-0.15, -0.1) is 0 Å². The molecule has 1 saturated heterocycles. The summed E-state index contributed by atoms with van der Waals surface area (Å²) in [7, 11) is 1.65. The molecule has 21 heavy (non-hydrogen) atoms. The van der Waals surface area contributed by atoms with E-state index in [1.54, 1.807) is 7.11 Å². The minimum absolute atomic E-state index is 0.0718. The molecular formula is C16H19N3O2. The van der Waals surface area contributed by atoms with E-state index in [9.17, 15) is 0 Å². The lowest BCUT2D eigenvalue weighted by atomic mass is 9.96. The fourth-order valence-electron chi connectivity index (χ4n) is 2.68. The van der Waals surface area contributed by atoms with Gasteiger partial charge in [-0.25, -0.2) is 9.97 Å². The van der Waals surface area contributed by atoms with Gasteiger partial charge in [0.25, 0.3) is 0 Å². The molecule has 0 unspecified atom stereocenters. The second-order valence-corrected chi connectivity index (χ2v) is 5.11. The number of benzene rings is 1. The van der Waals surface area contributed by atoms with E-state index < -0.39 is 0 Å².